The van der Waals surface area contributed by atoms with Gasteiger partial charge in [0, 0.05) is 29.3 Å². The van der Waals surface area contributed by atoms with Gasteiger partial charge < -0.3 is 4.57 Å². The monoisotopic (exact) mass is 465 g/mol. The fourth-order valence-electron chi connectivity index (χ4n) is 3.91. The third kappa shape index (κ3) is 3.43. The molecule has 1 atom stereocenters. The predicted octanol–water partition coefficient (Wildman–Crippen LogP) is 4.52. The first-order valence-electron chi connectivity index (χ1n) is 9.48. The summed E-state index contributed by atoms with van der Waals surface area (Å²) < 4.78 is 42.5. The fourth-order valence-corrected chi connectivity index (χ4v) is 5.01. The van der Waals surface area contributed by atoms with E-state index in [0.29, 0.717) is 56.9 Å². The van der Waals surface area contributed by atoms with Crippen LogP contribution in [0.15, 0.2) is 35.4 Å². The van der Waals surface area contributed by atoms with E-state index in [1.165, 1.54) is 10.9 Å². The number of fused-ring (bicyclic) bond motifs is 2. The maximum atomic E-state index is 13.3. The molecule has 0 radical (unpaired) electrons. The van der Waals surface area contributed by atoms with Crippen LogP contribution in [0, 0.1) is 0 Å². The van der Waals surface area contributed by atoms with Crippen molar-refractivity contribution in [2.24, 2.45) is 7.05 Å². The Morgan fingerprint density at radius 2 is 1.94 bits per heavy atom. The molecule has 11 heteroatoms. The van der Waals surface area contributed by atoms with Crippen LogP contribution in [0.1, 0.15) is 33.7 Å². The number of imidazole rings is 1. The predicted molar refractivity (Wildman–Crippen MR) is 111 cm³/mol. The van der Waals surface area contributed by atoms with Crippen molar-refractivity contribution < 1.29 is 13.2 Å². The Kier molecular flexibility index (Phi) is 4.67. The quantitative estimate of drug-likeness (QED) is 0.436. The summed E-state index contributed by atoms with van der Waals surface area (Å²) in [6, 6.07) is 6.76. The zero-order valence-electron chi connectivity index (χ0n) is 16.1. The molecule has 0 saturated heterocycles. The molecule has 0 saturated carbocycles. The standard InChI is InChI=1S/C20H15ClF3N5OS/c1-28-9-25-15-17(28)27-16(29(18(15)30)12-5-3-11(21)4-6-12)10-2-7-14-13(8-10)26-19(31-14)20(22,23)24/h3-6,9-10H,2,7-8H2,1H3. The summed E-state index contributed by atoms with van der Waals surface area (Å²) in [5.41, 5.74) is 1.33. The van der Waals surface area contributed by atoms with Crippen LogP contribution < -0.4 is 5.56 Å². The van der Waals surface area contributed by atoms with Crippen molar-refractivity contribution in [3.05, 3.63) is 67.4 Å². The number of hydrogen-bond acceptors (Lipinski definition) is 5. The second-order valence-corrected chi connectivity index (χ2v) is 8.96. The maximum Gasteiger partial charge on any atom is 0.443 e. The number of hydrogen-bond donors (Lipinski definition) is 0. The lowest BCUT2D eigenvalue weighted by Gasteiger charge is -2.24. The summed E-state index contributed by atoms with van der Waals surface area (Å²) in [4.78, 5) is 26.7. The fraction of sp³-hybridized carbons (Fsp3) is 0.300. The van der Waals surface area contributed by atoms with Gasteiger partial charge >= 0.3 is 6.18 Å². The average molecular weight is 466 g/mol. The van der Waals surface area contributed by atoms with E-state index in [2.05, 4.69) is 9.97 Å². The molecular formula is C20H15ClF3N5OS. The molecular weight excluding hydrogens is 451 g/mol. The molecule has 1 aliphatic rings. The normalized spacial score (nSPS) is 16.6. The van der Waals surface area contributed by atoms with E-state index in [1.54, 1.807) is 35.9 Å². The van der Waals surface area contributed by atoms with Crippen LogP contribution in [0.25, 0.3) is 16.9 Å². The van der Waals surface area contributed by atoms with Crippen molar-refractivity contribution in [2.45, 2.75) is 31.4 Å². The molecule has 31 heavy (non-hydrogen) atoms. The number of benzene rings is 1. The molecule has 1 aliphatic carbocycles. The second kappa shape index (κ2) is 7.16. The number of nitrogens with zero attached hydrogens (tertiary/aromatic N) is 5. The summed E-state index contributed by atoms with van der Waals surface area (Å²) in [5.74, 6) is 0.217. The lowest BCUT2D eigenvalue weighted by molar-refractivity contribution is -0.137. The number of aromatic nitrogens is 5. The van der Waals surface area contributed by atoms with Crippen LogP contribution in [0.4, 0.5) is 13.2 Å². The number of halogens is 4. The number of rotatable bonds is 2. The molecule has 4 aromatic rings. The molecule has 0 bridgehead atoms. The Labute approximate surface area is 183 Å². The lowest BCUT2D eigenvalue weighted by atomic mass is 9.90. The third-order valence-electron chi connectivity index (χ3n) is 5.39. The maximum absolute atomic E-state index is 13.3. The average Bonchev–Trinajstić information content (AvgIpc) is 3.32. The molecule has 0 N–H and O–H groups in total. The topological polar surface area (TPSA) is 65.6 Å². The molecule has 1 aromatic carbocycles. The highest BCUT2D eigenvalue weighted by molar-refractivity contribution is 7.11. The smallest absolute Gasteiger partial charge is 0.318 e. The Bertz CT molecular complexity index is 1360. The van der Waals surface area contributed by atoms with Crippen molar-refractivity contribution in [3.63, 3.8) is 0 Å². The number of alkyl halides is 3. The minimum atomic E-state index is -4.46. The van der Waals surface area contributed by atoms with Crippen molar-refractivity contribution in [2.75, 3.05) is 0 Å². The minimum Gasteiger partial charge on any atom is -0.318 e. The molecule has 0 fully saturated rings. The highest BCUT2D eigenvalue weighted by Gasteiger charge is 2.38. The third-order valence-corrected chi connectivity index (χ3v) is 6.85. The van der Waals surface area contributed by atoms with E-state index in [-0.39, 0.29) is 23.4 Å². The largest absolute Gasteiger partial charge is 0.443 e. The van der Waals surface area contributed by atoms with Gasteiger partial charge in [-0.15, -0.1) is 11.3 Å². The molecule has 3 aromatic heterocycles. The molecule has 0 aliphatic heterocycles. The lowest BCUT2D eigenvalue weighted by Crippen LogP contribution is -2.28. The Balaban J connectivity index is 1.66. The van der Waals surface area contributed by atoms with E-state index in [4.69, 9.17) is 16.6 Å². The molecule has 160 valence electrons. The van der Waals surface area contributed by atoms with Gasteiger partial charge in [0.1, 0.15) is 5.82 Å². The summed E-state index contributed by atoms with van der Waals surface area (Å²) in [6.07, 6.45) is -1.65. The summed E-state index contributed by atoms with van der Waals surface area (Å²) in [7, 11) is 1.74. The van der Waals surface area contributed by atoms with Gasteiger partial charge in [0.2, 0.25) is 0 Å². The second-order valence-electron chi connectivity index (χ2n) is 7.44. The van der Waals surface area contributed by atoms with Gasteiger partial charge in [-0.1, -0.05) is 11.6 Å². The number of aryl methyl sites for hydroxylation is 2. The van der Waals surface area contributed by atoms with E-state index in [1.807, 2.05) is 0 Å². The molecule has 0 spiro atoms. The van der Waals surface area contributed by atoms with E-state index in [0.717, 1.165) is 0 Å². The van der Waals surface area contributed by atoms with Crippen LogP contribution in [0.2, 0.25) is 5.02 Å². The van der Waals surface area contributed by atoms with Crippen molar-refractivity contribution >= 4 is 34.1 Å². The molecule has 0 amide bonds. The van der Waals surface area contributed by atoms with E-state index >= 15 is 0 Å². The SMILES string of the molecule is Cn1cnc2c(=O)n(-c3ccc(Cl)cc3)c(C3CCc4sc(C(F)(F)F)nc4C3)nc21. The first kappa shape index (κ1) is 20.2. The summed E-state index contributed by atoms with van der Waals surface area (Å²) in [6.45, 7) is 0. The van der Waals surface area contributed by atoms with Crippen LogP contribution in [0.5, 0.6) is 0 Å². The minimum absolute atomic E-state index is 0.228. The Morgan fingerprint density at radius 1 is 1.19 bits per heavy atom. The van der Waals surface area contributed by atoms with Gasteiger partial charge in [-0.3, -0.25) is 9.36 Å². The van der Waals surface area contributed by atoms with Gasteiger partial charge in [-0.2, -0.15) is 13.2 Å². The van der Waals surface area contributed by atoms with Gasteiger partial charge in [0.25, 0.3) is 5.56 Å². The summed E-state index contributed by atoms with van der Waals surface area (Å²) >= 11 is 6.70. The number of thiazole rings is 1. The van der Waals surface area contributed by atoms with Gasteiger partial charge in [0.05, 0.1) is 17.7 Å². The van der Waals surface area contributed by atoms with Crippen LogP contribution in [0.3, 0.4) is 0 Å². The molecule has 1 unspecified atom stereocenters. The van der Waals surface area contributed by atoms with Crippen molar-refractivity contribution in [1.29, 1.82) is 0 Å². The zero-order chi connectivity index (χ0) is 21.9. The molecule has 5 rings (SSSR count). The van der Waals surface area contributed by atoms with Gasteiger partial charge in [0.15, 0.2) is 16.2 Å². The summed E-state index contributed by atoms with van der Waals surface area (Å²) in [5, 5.41) is -0.307. The zero-order valence-corrected chi connectivity index (χ0v) is 17.7. The first-order valence-corrected chi connectivity index (χ1v) is 10.7. The van der Waals surface area contributed by atoms with Crippen LogP contribution >= 0.6 is 22.9 Å². The van der Waals surface area contributed by atoms with E-state index in [9.17, 15) is 18.0 Å². The molecule has 6 nitrogen and oxygen atoms in total. The first-order chi connectivity index (χ1) is 14.7. The highest BCUT2D eigenvalue weighted by atomic mass is 35.5. The highest BCUT2D eigenvalue weighted by Crippen LogP contribution is 2.40. The van der Waals surface area contributed by atoms with Crippen molar-refractivity contribution in [3.8, 4) is 5.69 Å². The van der Waals surface area contributed by atoms with Gasteiger partial charge in [-0.05, 0) is 37.1 Å². The Morgan fingerprint density at radius 3 is 2.65 bits per heavy atom. The van der Waals surface area contributed by atoms with Crippen LogP contribution in [-0.4, -0.2) is 24.1 Å². The van der Waals surface area contributed by atoms with Crippen molar-refractivity contribution in [1.82, 2.24) is 24.1 Å². The van der Waals surface area contributed by atoms with E-state index < -0.39 is 11.2 Å². The molecule has 3 heterocycles. The Hall–Kier alpha value is -2.72. The van der Waals surface area contributed by atoms with Gasteiger partial charge in [-0.25, -0.2) is 15.0 Å². The van der Waals surface area contributed by atoms with Crippen LogP contribution in [-0.2, 0) is 26.1 Å².